The second-order valence-electron chi connectivity index (χ2n) is 4.77. The predicted molar refractivity (Wildman–Crippen MR) is 91.9 cm³/mol. The van der Waals surface area contributed by atoms with Gasteiger partial charge < -0.3 is 15.4 Å². The van der Waals surface area contributed by atoms with Crippen LogP contribution in [-0.4, -0.2) is 25.4 Å². The van der Waals surface area contributed by atoms with Gasteiger partial charge in [-0.1, -0.05) is 12.1 Å². The molecule has 2 aromatic rings. The maximum Gasteiger partial charge on any atom is 0.319 e. The van der Waals surface area contributed by atoms with Crippen molar-refractivity contribution in [1.82, 2.24) is 5.32 Å². The van der Waals surface area contributed by atoms with Gasteiger partial charge in [-0.15, -0.1) is 11.8 Å². The molecule has 2 aromatic carbocycles. The van der Waals surface area contributed by atoms with Gasteiger partial charge in [-0.2, -0.15) is 0 Å². The molecule has 0 radical (unpaired) electrons. The van der Waals surface area contributed by atoms with Crippen LogP contribution in [0.5, 0.6) is 5.75 Å². The lowest BCUT2D eigenvalue weighted by Crippen LogP contribution is -2.32. The first-order chi connectivity index (χ1) is 10.7. The van der Waals surface area contributed by atoms with E-state index in [4.69, 9.17) is 4.74 Å². The lowest BCUT2D eigenvalue weighted by Gasteiger charge is -2.09. The molecule has 116 valence electrons. The molecule has 2 rings (SSSR count). The fraction of sp³-hybridized carbons (Fsp3) is 0.235. The van der Waals surface area contributed by atoms with Gasteiger partial charge in [0, 0.05) is 10.6 Å². The van der Waals surface area contributed by atoms with Gasteiger partial charge in [0.2, 0.25) is 0 Å². The van der Waals surface area contributed by atoms with Crippen molar-refractivity contribution in [2.75, 3.05) is 24.7 Å². The summed E-state index contributed by atoms with van der Waals surface area (Å²) in [6.45, 7) is 2.89. The summed E-state index contributed by atoms with van der Waals surface area (Å²) in [5.74, 6) is 0.815. The van der Waals surface area contributed by atoms with E-state index in [9.17, 15) is 4.79 Å². The van der Waals surface area contributed by atoms with Crippen molar-refractivity contribution in [3.05, 3.63) is 54.1 Å². The summed E-state index contributed by atoms with van der Waals surface area (Å²) < 4.78 is 5.57. The van der Waals surface area contributed by atoms with Crippen LogP contribution in [0.4, 0.5) is 10.5 Å². The van der Waals surface area contributed by atoms with E-state index in [1.54, 1.807) is 11.8 Å². The maximum atomic E-state index is 11.7. The molecule has 0 aromatic heterocycles. The highest BCUT2D eigenvalue weighted by molar-refractivity contribution is 7.98. The number of ether oxygens (including phenoxy) is 1. The van der Waals surface area contributed by atoms with Crippen LogP contribution in [-0.2, 0) is 0 Å². The molecule has 0 aliphatic carbocycles. The molecule has 0 saturated heterocycles. The zero-order chi connectivity index (χ0) is 15.8. The molecular weight excluding hydrogens is 296 g/mol. The topological polar surface area (TPSA) is 50.4 Å². The normalized spacial score (nSPS) is 10.1. The summed E-state index contributed by atoms with van der Waals surface area (Å²) in [6, 6.07) is 15.3. The Labute approximate surface area is 135 Å². The molecule has 2 N–H and O–H groups in total. The fourth-order valence-corrected chi connectivity index (χ4v) is 2.30. The molecule has 0 unspecified atom stereocenters. The largest absolute Gasteiger partial charge is 0.492 e. The van der Waals surface area contributed by atoms with E-state index in [2.05, 4.69) is 10.6 Å². The summed E-state index contributed by atoms with van der Waals surface area (Å²) in [6.07, 6.45) is 2.02. The Bertz CT molecular complexity index is 614. The minimum absolute atomic E-state index is 0.232. The third kappa shape index (κ3) is 5.33. The number of carbonyl (C=O) groups excluding carboxylic acids is 1. The Morgan fingerprint density at radius 1 is 1.18 bits per heavy atom. The van der Waals surface area contributed by atoms with Gasteiger partial charge >= 0.3 is 6.03 Å². The predicted octanol–water partition coefficient (Wildman–Crippen LogP) is 3.92. The summed E-state index contributed by atoms with van der Waals surface area (Å²) in [5, 5.41) is 5.55. The molecule has 0 spiro atoms. The quantitative estimate of drug-likeness (QED) is 0.627. The molecule has 0 aliphatic heterocycles. The number of hydrogen-bond donors (Lipinski definition) is 2. The molecule has 0 atom stereocenters. The summed E-state index contributed by atoms with van der Waals surface area (Å²) in [7, 11) is 0. The fourth-order valence-electron chi connectivity index (χ4n) is 1.89. The summed E-state index contributed by atoms with van der Waals surface area (Å²) in [4.78, 5) is 12.9. The first kappa shape index (κ1) is 16.2. The molecule has 0 bridgehead atoms. The number of rotatable bonds is 6. The number of nitrogens with one attached hydrogen (secondary N) is 2. The van der Waals surface area contributed by atoms with Gasteiger partial charge in [0.25, 0.3) is 0 Å². The van der Waals surface area contributed by atoms with Gasteiger partial charge in [0.15, 0.2) is 0 Å². The molecule has 5 heteroatoms. The Morgan fingerprint density at radius 3 is 2.64 bits per heavy atom. The number of carbonyl (C=O) groups is 1. The van der Waals surface area contributed by atoms with E-state index >= 15 is 0 Å². The summed E-state index contributed by atoms with van der Waals surface area (Å²) in [5.41, 5.74) is 1.92. The maximum absolute atomic E-state index is 11.7. The average Bonchev–Trinajstić information content (AvgIpc) is 2.52. The monoisotopic (exact) mass is 316 g/mol. The van der Waals surface area contributed by atoms with E-state index in [0.29, 0.717) is 13.2 Å². The van der Waals surface area contributed by atoms with Crippen LogP contribution in [0.25, 0.3) is 0 Å². The van der Waals surface area contributed by atoms with E-state index in [-0.39, 0.29) is 6.03 Å². The molecule has 2 amide bonds. The van der Waals surface area contributed by atoms with Gasteiger partial charge in [0.05, 0.1) is 6.54 Å². The van der Waals surface area contributed by atoms with Gasteiger partial charge in [-0.05, 0) is 55.1 Å². The van der Waals surface area contributed by atoms with Crippen LogP contribution >= 0.6 is 11.8 Å². The van der Waals surface area contributed by atoms with Crippen LogP contribution in [0.15, 0.2) is 53.4 Å². The Kier molecular flexibility index (Phi) is 6.15. The molecule has 22 heavy (non-hydrogen) atoms. The van der Waals surface area contributed by atoms with Crippen molar-refractivity contribution in [1.29, 1.82) is 0 Å². The Morgan fingerprint density at radius 2 is 1.95 bits per heavy atom. The lowest BCUT2D eigenvalue weighted by atomic mass is 10.2. The Hall–Kier alpha value is -2.14. The number of hydrogen-bond acceptors (Lipinski definition) is 3. The summed E-state index contributed by atoms with van der Waals surface area (Å²) >= 11 is 1.67. The molecular formula is C17H20N2O2S. The van der Waals surface area contributed by atoms with Crippen LogP contribution < -0.4 is 15.4 Å². The highest BCUT2D eigenvalue weighted by atomic mass is 32.2. The van der Waals surface area contributed by atoms with Crippen LogP contribution in [0, 0.1) is 6.92 Å². The van der Waals surface area contributed by atoms with E-state index in [1.165, 1.54) is 0 Å². The number of benzene rings is 2. The molecule has 0 saturated carbocycles. The third-order valence-electron chi connectivity index (χ3n) is 2.99. The van der Waals surface area contributed by atoms with Gasteiger partial charge in [-0.25, -0.2) is 4.79 Å². The lowest BCUT2D eigenvalue weighted by molar-refractivity contribution is 0.247. The first-order valence-corrected chi connectivity index (χ1v) is 8.28. The SMILES string of the molecule is CSc1ccc(NC(=O)NCCOc2cccc(C)c2)cc1. The van der Waals surface area contributed by atoms with E-state index in [1.807, 2.05) is 61.7 Å². The first-order valence-electron chi connectivity index (χ1n) is 7.06. The minimum atomic E-state index is -0.232. The molecule has 0 heterocycles. The van der Waals surface area contributed by atoms with E-state index in [0.717, 1.165) is 21.9 Å². The Balaban J connectivity index is 1.69. The number of urea groups is 1. The molecule has 0 aliphatic rings. The smallest absolute Gasteiger partial charge is 0.319 e. The van der Waals surface area contributed by atoms with Crippen molar-refractivity contribution in [3.63, 3.8) is 0 Å². The standard InChI is InChI=1S/C17H20N2O2S/c1-13-4-3-5-15(12-13)21-11-10-18-17(20)19-14-6-8-16(22-2)9-7-14/h3-9,12H,10-11H2,1-2H3,(H2,18,19,20). The van der Waals surface area contributed by atoms with Crippen molar-refractivity contribution in [3.8, 4) is 5.75 Å². The van der Waals surface area contributed by atoms with Crippen LogP contribution in [0.2, 0.25) is 0 Å². The number of anilines is 1. The second kappa shape index (κ2) is 8.34. The zero-order valence-electron chi connectivity index (χ0n) is 12.8. The van der Waals surface area contributed by atoms with Crippen LogP contribution in [0.3, 0.4) is 0 Å². The number of amides is 2. The molecule has 0 fully saturated rings. The van der Waals surface area contributed by atoms with Crippen molar-refractivity contribution in [2.24, 2.45) is 0 Å². The van der Waals surface area contributed by atoms with Crippen molar-refractivity contribution < 1.29 is 9.53 Å². The average molecular weight is 316 g/mol. The zero-order valence-corrected chi connectivity index (χ0v) is 13.6. The van der Waals surface area contributed by atoms with Crippen molar-refractivity contribution in [2.45, 2.75) is 11.8 Å². The number of aryl methyl sites for hydroxylation is 1. The van der Waals surface area contributed by atoms with Gasteiger partial charge in [0.1, 0.15) is 12.4 Å². The number of thioether (sulfide) groups is 1. The van der Waals surface area contributed by atoms with E-state index < -0.39 is 0 Å². The van der Waals surface area contributed by atoms with Crippen LogP contribution in [0.1, 0.15) is 5.56 Å². The highest BCUT2D eigenvalue weighted by Gasteiger charge is 2.01. The third-order valence-corrected chi connectivity index (χ3v) is 3.74. The molecule has 4 nitrogen and oxygen atoms in total. The van der Waals surface area contributed by atoms with Gasteiger partial charge in [-0.3, -0.25) is 0 Å². The van der Waals surface area contributed by atoms with Crippen molar-refractivity contribution >= 4 is 23.5 Å². The highest BCUT2D eigenvalue weighted by Crippen LogP contribution is 2.17. The minimum Gasteiger partial charge on any atom is -0.492 e. The second-order valence-corrected chi connectivity index (χ2v) is 5.65.